The van der Waals surface area contributed by atoms with E-state index in [0.717, 1.165) is 11.4 Å². The molecule has 0 aliphatic heterocycles. The van der Waals surface area contributed by atoms with Gasteiger partial charge in [0.1, 0.15) is 9.96 Å². The van der Waals surface area contributed by atoms with Crippen LogP contribution in [-0.2, 0) is 21.2 Å². The minimum atomic E-state index is -3.59. The number of nitrogens with zero attached hydrogens (tertiary/aromatic N) is 3. The number of benzene rings is 2. The first-order chi connectivity index (χ1) is 16.4. The Bertz CT molecular complexity index is 1320. The highest BCUT2D eigenvalue weighted by Crippen LogP contribution is 2.26. The molecule has 0 atom stereocenters. The SMILES string of the molecule is CN(c1ccc(OCC(=O)NCCc2ccn(-c3ccccc3)n2)cc1)S(=O)(=O)c1cccs1. The molecule has 0 aliphatic carbocycles. The van der Waals surface area contributed by atoms with Crippen LogP contribution in [0.2, 0.25) is 0 Å². The van der Waals surface area contributed by atoms with Crippen molar-refractivity contribution < 1.29 is 17.9 Å². The maximum absolute atomic E-state index is 12.6. The van der Waals surface area contributed by atoms with E-state index in [1.165, 1.54) is 22.7 Å². The molecule has 0 spiro atoms. The number of carbonyl (C=O) groups excluding carboxylic acids is 1. The monoisotopic (exact) mass is 496 g/mol. The number of aromatic nitrogens is 2. The third-order valence-electron chi connectivity index (χ3n) is 5.05. The number of amides is 1. The summed E-state index contributed by atoms with van der Waals surface area (Å²) in [5.41, 5.74) is 2.36. The molecule has 176 valence electrons. The van der Waals surface area contributed by atoms with Crippen LogP contribution in [0.1, 0.15) is 5.69 Å². The molecule has 10 heteroatoms. The van der Waals surface area contributed by atoms with E-state index in [0.29, 0.717) is 24.4 Å². The van der Waals surface area contributed by atoms with Crippen molar-refractivity contribution in [3.8, 4) is 11.4 Å². The number of para-hydroxylation sites is 1. The lowest BCUT2D eigenvalue weighted by Crippen LogP contribution is -2.30. The Morgan fingerprint density at radius 2 is 1.82 bits per heavy atom. The lowest BCUT2D eigenvalue weighted by atomic mass is 10.3. The van der Waals surface area contributed by atoms with E-state index in [1.807, 2.05) is 42.6 Å². The molecule has 4 aromatic rings. The van der Waals surface area contributed by atoms with Gasteiger partial charge in [-0.15, -0.1) is 11.3 Å². The van der Waals surface area contributed by atoms with Crippen molar-refractivity contribution in [3.05, 3.63) is 90.1 Å². The zero-order valence-corrected chi connectivity index (χ0v) is 20.1. The van der Waals surface area contributed by atoms with Gasteiger partial charge >= 0.3 is 0 Å². The molecule has 34 heavy (non-hydrogen) atoms. The Balaban J connectivity index is 1.22. The first kappa shape index (κ1) is 23.5. The Kier molecular flexibility index (Phi) is 7.29. The average Bonchev–Trinajstić information content (AvgIpc) is 3.56. The molecule has 2 heterocycles. The number of rotatable bonds is 10. The van der Waals surface area contributed by atoms with Crippen molar-refractivity contribution >= 4 is 33.0 Å². The predicted octanol–water partition coefficient (Wildman–Crippen LogP) is 3.50. The summed E-state index contributed by atoms with van der Waals surface area (Å²) >= 11 is 1.17. The first-order valence-corrected chi connectivity index (χ1v) is 12.9. The third kappa shape index (κ3) is 5.64. The highest BCUT2D eigenvalue weighted by molar-refractivity contribution is 7.94. The molecule has 0 aliphatic rings. The van der Waals surface area contributed by atoms with Crippen LogP contribution >= 0.6 is 11.3 Å². The van der Waals surface area contributed by atoms with Gasteiger partial charge < -0.3 is 10.1 Å². The number of hydrogen-bond donors (Lipinski definition) is 1. The fraction of sp³-hybridized carbons (Fsp3) is 0.167. The quantitative estimate of drug-likeness (QED) is 0.363. The number of carbonyl (C=O) groups is 1. The van der Waals surface area contributed by atoms with Gasteiger partial charge in [-0.3, -0.25) is 9.10 Å². The van der Waals surface area contributed by atoms with E-state index in [-0.39, 0.29) is 16.7 Å². The van der Waals surface area contributed by atoms with E-state index in [4.69, 9.17) is 4.74 Å². The molecule has 0 saturated heterocycles. The molecular formula is C24H24N4O4S2. The van der Waals surface area contributed by atoms with Crippen LogP contribution in [0.15, 0.2) is 88.6 Å². The summed E-state index contributed by atoms with van der Waals surface area (Å²) in [6.45, 7) is 0.305. The van der Waals surface area contributed by atoms with Gasteiger partial charge in [0.15, 0.2) is 6.61 Å². The molecular weight excluding hydrogens is 472 g/mol. The zero-order valence-electron chi connectivity index (χ0n) is 18.5. The topological polar surface area (TPSA) is 93.5 Å². The zero-order chi connectivity index (χ0) is 24.0. The highest BCUT2D eigenvalue weighted by atomic mass is 32.2. The number of thiophene rings is 1. The molecule has 8 nitrogen and oxygen atoms in total. The molecule has 1 N–H and O–H groups in total. The molecule has 2 aromatic carbocycles. The molecule has 4 rings (SSSR count). The van der Waals surface area contributed by atoms with E-state index in [2.05, 4.69) is 10.4 Å². The third-order valence-corrected chi connectivity index (χ3v) is 8.21. The molecule has 0 radical (unpaired) electrons. The van der Waals surface area contributed by atoms with Gasteiger partial charge in [0.25, 0.3) is 15.9 Å². The maximum Gasteiger partial charge on any atom is 0.273 e. The van der Waals surface area contributed by atoms with E-state index in [1.54, 1.807) is 46.5 Å². The summed E-state index contributed by atoms with van der Waals surface area (Å²) in [7, 11) is -2.09. The minimum Gasteiger partial charge on any atom is -0.484 e. The summed E-state index contributed by atoms with van der Waals surface area (Å²) in [4.78, 5) is 12.1. The Labute approximate surface area is 202 Å². The Morgan fingerprint density at radius 1 is 1.06 bits per heavy atom. The second kappa shape index (κ2) is 10.5. The number of ether oxygens (including phenoxy) is 1. The van der Waals surface area contributed by atoms with Crippen molar-refractivity contribution in [1.82, 2.24) is 15.1 Å². The molecule has 0 saturated carbocycles. The van der Waals surface area contributed by atoms with Gasteiger partial charge in [0, 0.05) is 26.2 Å². The van der Waals surface area contributed by atoms with Gasteiger partial charge in [0.05, 0.1) is 17.1 Å². The van der Waals surface area contributed by atoms with Crippen LogP contribution < -0.4 is 14.4 Å². The van der Waals surface area contributed by atoms with Gasteiger partial charge in [-0.25, -0.2) is 13.1 Å². The fourth-order valence-corrected chi connectivity index (χ4v) is 5.54. The van der Waals surface area contributed by atoms with Crippen molar-refractivity contribution in [2.24, 2.45) is 0 Å². The van der Waals surface area contributed by atoms with Gasteiger partial charge in [-0.05, 0) is 53.9 Å². The summed E-state index contributed by atoms with van der Waals surface area (Å²) in [6.07, 6.45) is 2.49. The first-order valence-electron chi connectivity index (χ1n) is 10.6. The fourth-order valence-electron chi connectivity index (χ4n) is 3.19. The number of anilines is 1. The Hall–Kier alpha value is -3.63. The molecule has 2 aromatic heterocycles. The number of nitrogens with one attached hydrogen (secondary N) is 1. The summed E-state index contributed by atoms with van der Waals surface area (Å²) in [5.74, 6) is 0.228. The molecule has 0 unspecified atom stereocenters. The summed E-state index contributed by atoms with van der Waals surface area (Å²) < 4.78 is 34.1. The lowest BCUT2D eigenvalue weighted by Gasteiger charge is -2.18. The van der Waals surface area contributed by atoms with Gasteiger partial charge in [-0.2, -0.15) is 5.10 Å². The second-order valence-corrected chi connectivity index (χ2v) is 10.5. The molecule has 0 fully saturated rings. The summed E-state index contributed by atoms with van der Waals surface area (Å²) in [5, 5.41) is 9.05. The van der Waals surface area contributed by atoms with Crippen molar-refractivity contribution in [2.45, 2.75) is 10.6 Å². The van der Waals surface area contributed by atoms with E-state index in [9.17, 15) is 13.2 Å². The van der Waals surface area contributed by atoms with Crippen molar-refractivity contribution in [3.63, 3.8) is 0 Å². The maximum atomic E-state index is 12.6. The van der Waals surface area contributed by atoms with E-state index < -0.39 is 10.0 Å². The van der Waals surface area contributed by atoms with Gasteiger partial charge in [0.2, 0.25) is 0 Å². The molecule has 1 amide bonds. The van der Waals surface area contributed by atoms with Gasteiger partial charge in [-0.1, -0.05) is 24.3 Å². The standard InChI is InChI=1S/C24H24N4O4S2/c1-27(34(30,31)24-8-5-17-33-24)20-9-11-22(12-10-20)32-18-23(29)25-15-13-19-14-16-28(26-19)21-6-3-2-4-7-21/h2-12,14,16-17H,13,15,18H2,1H3,(H,25,29). The van der Waals surface area contributed by atoms with Crippen molar-refractivity contribution in [2.75, 3.05) is 24.5 Å². The van der Waals surface area contributed by atoms with Crippen LogP contribution in [0.5, 0.6) is 5.75 Å². The minimum absolute atomic E-state index is 0.138. The predicted molar refractivity (Wildman–Crippen MR) is 132 cm³/mol. The van der Waals surface area contributed by atoms with Crippen LogP contribution in [0.25, 0.3) is 5.69 Å². The highest BCUT2D eigenvalue weighted by Gasteiger charge is 2.22. The molecule has 0 bridgehead atoms. The normalized spacial score (nSPS) is 11.2. The van der Waals surface area contributed by atoms with Crippen LogP contribution in [0, 0.1) is 0 Å². The second-order valence-electron chi connectivity index (χ2n) is 7.37. The average molecular weight is 497 g/mol. The van der Waals surface area contributed by atoms with Crippen molar-refractivity contribution in [1.29, 1.82) is 0 Å². The smallest absolute Gasteiger partial charge is 0.273 e. The number of hydrogen-bond acceptors (Lipinski definition) is 6. The van der Waals surface area contributed by atoms with Crippen LogP contribution in [-0.4, -0.2) is 44.3 Å². The van der Waals surface area contributed by atoms with Crippen LogP contribution in [0.4, 0.5) is 5.69 Å². The largest absolute Gasteiger partial charge is 0.484 e. The van der Waals surface area contributed by atoms with Crippen LogP contribution in [0.3, 0.4) is 0 Å². The Morgan fingerprint density at radius 3 is 2.53 bits per heavy atom. The number of sulfonamides is 1. The summed E-state index contributed by atoms with van der Waals surface area (Å²) in [6, 6.07) is 21.6. The lowest BCUT2D eigenvalue weighted by molar-refractivity contribution is -0.123. The van der Waals surface area contributed by atoms with E-state index >= 15 is 0 Å².